The molecule has 0 aliphatic carbocycles. The first-order chi connectivity index (χ1) is 7.59. The van der Waals surface area contributed by atoms with Gasteiger partial charge in [0.25, 0.3) is 0 Å². The van der Waals surface area contributed by atoms with Crippen LogP contribution in [-0.2, 0) is 0 Å². The van der Waals surface area contributed by atoms with Gasteiger partial charge in [0.2, 0.25) is 0 Å². The highest BCUT2D eigenvalue weighted by atomic mass is 19.1. The number of aromatic carboxylic acids is 1. The molecule has 1 N–H and O–H groups in total. The highest BCUT2D eigenvalue weighted by Crippen LogP contribution is 2.15. The second kappa shape index (κ2) is 3.69. The van der Waals surface area contributed by atoms with E-state index in [0.29, 0.717) is 5.82 Å². The maximum Gasteiger partial charge on any atom is 0.335 e. The number of aryl methyl sites for hydroxylation is 1. The summed E-state index contributed by atoms with van der Waals surface area (Å²) in [7, 11) is 0. The predicted molar refractivity (Wildman–Crippen MR) is 50.8 cm³/mol. The highest BCUT2D eigenvalue weighted by molar-refractivity contribution is 5.88. The molecule has 0 unspecified atom stereocenters. The number of rotatable bonds is 2. The van der Waals surface area contributed by atoms with Gasteiger partial charge in [-0.2, -0.15) is 4.68 Å². The topological polar surface area (TPSA) is 80.9 Å². The van der Waals surface area contributed by atoms with Gasteiger partial charge in [0.05, 0.1) is 5.56 Å². The van der Waals surface area contributed by atoms with E-state index in [-0.39, 0.29) is 11.3 Å². The average Bonchev–Trinajstić information content (AvgIpc) is 2.65. The molecule has 0 aliphatic heterocycles. The molecule has 0 bridgehead atoms. The monoisotopic (exact) mass is 222 g/mol. The second-order valence-corrected chi connectivity index (χ2v) is 3.11. The molecule has 2 rings (SSSR count). The van der Waals surface area contributed by atoms with E-state index in [9.17, 15) is 9.18 Å². The van der Waals surface area contributed by atoms with Crippen LogP contribution >= 0.6 is 0 Å². The Morgan fingerprint density at radius 2 is 2.25 bits per heavy atom. The van der Waals surface area contributed by atoms with Crippen LogP contribution in [0.1, 0.15) is 16.2 Å². The summed E-state index contributed by atoms with van der Waals surface area (Å²) in [6, 6.07) is 3.43. The van der Waals surface area contributed by atoms with Gasteiger partial charge < -0.3 is 5.11 Å². The van der Waals surface area contributed by atoms with Gasteiger partial charge in [-0.3, -0.25) is 0 Å². The van der Waals surface area contributed by atoms with Crippen molar-refractivity contribution in [2.45, 2.75) is 6.92 Å². The van der Waals surface area contributed by atoms with Crippen molar-refractivity contribution < 1.29 is 14.3 Å². The maximum atomic E-state index is 13.5. The second-order valence-electron chi connectivity index (χ2n) is 3.11. The van der Waals surface area contributed by atoms with E-state index in [0.717, 1.165) is 10.7 Å². The SMILES string of the molecule is Cc1nnnn1-c1cc(C(=O)O)ccc1F. The molecule has 0 saturated carbocycles. The minimum Gasteiger partial charge on any atom is -0.478 e. The predicted octanol–water partition coefficient (Wildman–Crippen LogP) is 0.808. The Bertz CT molecular complexity index is 552. The molecule has 0 radical (unpaired) electrons. The fourth-order valence-corrected chi connectivity index (χ4v) is 1.26. The molecule has 1 aromatic heterocycles. The molecule has 16 heavy (non-hydrogen) atoms. The van der Waals surface area contributed by atoms with Crippen molar-refractivity contribution in [3.8, 4) is 5.69 Å². The number of carbonyl (C=O) groups is 1. The number of hydrogen-bond acceptors (Lipinski definition) is 4. The molecule has 6 nitrogen and oxygen atoms in total. The number of nitrogens with zero attached hydrogens (tertiary/aromatic N) is 4. The minimum absolute atomic E-state index is 0.0161. The number of tetrazole rings is 1. The summed E-state index contributed by atoms with van der Waals surface area (Å²) in [6.07, 6.45) is 0. The summed E-state index contributed by atoms with van der Waals surface area (Å²) in [6.45, 7) is 1.59. The lowest BCUT2D eigenvalue weighted by Crippen LogP contribution is -2.05. The van der Waals surface area contributed by atoms with Crippen molar-refractivity contribution in [1.82, 2.24) is 20.2 Å². The molecular weight excluding hydrogens is 215 g/mol. The van der Waals surface area contributed by atoms with Crippen LogP contribution in [0.15, 0.2) is 18.2 Å². The van der Waals surface area contributed by atoms with Crippen molar-refractivity contribution in [2.75, 3.05) is 0 Å². The highest BCUT2D eigenvalue weighted by Gasteiger charge is 2.12. The number of carboxylic acids is 1. The zero-order valence-electron chi connectivity index (χ0n) is 8.25. The normalized spacial score (nSPS) is 10.4. The first kappa shape index (κ1) is 10.2. The van der Waals surface area contributed by atoms with Crippen LogP contribution < -0.4 is 0 Å². The Hall–Kier alpha value is -2.31. The van der Waals surface area contributed by atoms with E-state index in [1.54, 1.807) is 6.92 Å². The Labute approximate surface area is 89.3 Å². The van der Waals surface area contributed by atoms with Gasteiger partial charge in [0.1, 0.15) is 11.5 Å². The van der Waals surface area contributed by atoms with Crippen molar-refractivity contribution in [3.05, 3.63) is 35.4 Å². The Kier molecular flexibility index (Phi) is 2.35. The van der Waals surface area contributed by atoms with Gasteiger partial charge in [-0.1, -0.05) is 0 Å². The summed E-state index contributed by atoms with van der Waals surface area (Å²) in [5, 5.41) is 19.3. The van der Waals surface area contributed by atoms with Crippen LogP contribution in [-0.4, -0.2) is 31.3 Å². The summed E-state index contributed by atoms with van der Waals surface area (Å²) in [5.74, 6) is -1.34. The molecule has 7 heteroatoms. The third-order valence-electron chi connectivity index (χ3n) is 2.05. The fourth-order valence-electron chi connectivity index (χ4n) is 1.26. The van der Waals surface area contributed by atoms with Crippen molar-refractivity contribution >= 4 is 5.97 Å². The number of halogens is 1. The molecule has 2 aromatic rings. The van der Waals surface area contributed by atoms with Gasteiger partial charge in [-0.15, -0.1) is 5.10 Å². The fraction of sp³-hybridized carbons (Fsp3) is 0.111. The van der Waals surface area contributed by atoms with E-state index < -0.39 is 11.8 Å². The lowest BCUT2D eigenvalue weighted by Gasteiger charge is -2.04. The van der Waals surface area contributed by atoms with Crippen LogP contribution in [0.2, 0.25) is 0 Å². The molecule has 82 valence electrons. The zero-order chi connectivity index (χ0) is 11.7. The van der Waals surface area contributed by atoms with Gasteiger partial charge in [0.15, 0.2) is 5.82 Å². The molecule has 0 saturated heterocycles. The number of hydrogen-bond donors (Lipinski definition) is 1. The van der Waals surface area contributed by atoms with Gasteiger partial charge in [-0.05, 0) is 35.5 Å². The first-order valence-corrected chi connectivity index (χ1v) is 4.38. The largest absolute Gasteiger partial charge is 0.478 e. The summed E-state index contributed by atoms with van der Waals surface area (Å²) < 4.78 is 14.6. The summed E-state index contributed by atoms with van der Waals surface area (Å²) >= 11 is 0. The molecule has 1 aromatic carbocycles. The van der Waals surface area contributed by atoms with Crippen molar-refractivity contribution in [1.29, 1.82) is 0 Å². The minimum atomic E-state index is -1.13. The van der Waals surface area contributed by atoms with Crippen LogP contribution in [0, 0.1) is 12.7 Å². The third kappa shape index (κ3) is 1.62. The summed E-state index contributed by atoms with van der Waals surface area (Å²) in [4.78, 5) is 10.7. The molecule has 0 spiro atoms. The first-order valence-electron chi connectivity index (χ1n) is 4.38. The van der Waals surface area contributed by atoms with Crippen LogP contribution in [0.5, 0.6) is 0 Å². The molecule has 1 heterocycles. The van der Waals surface area contributed by atoms with Crippen molar-refractivity contribution in [2.24, 2.45) is 0 Å². The molecule has 0 aliphatic rings. The molecule has 0 atom stereocenters. The molecule has 0 amide bonds. The Morgan fingerprint density at radius 1 is 1.50 bits per heavy atom. The Morgan fingerprint density at radius 3 is 2.81 bits per heavy atom. The van der Waals surface area contributed by atoms with Gasteiger partial charge >= 0.3 is 5.97 Å². The quantitative estimate of drug-likeness (QED) is 0.813. The van der Waals surface area contributed by atoms with E-state index in [2.05, 4.69) is 15.5 Å². The van der Waals surface area contributed by atoms with E-state index in [4.69, 9.17) is 5.11 Å². The lowest BCUT2D eigenvalue weighted by molar-refractivity contribution is 0.0697. The number of benzene rings is 1. The maximum absolute atomic E-state index is 13.5. The van der Waals surface area contributed by atoms with Crippen molar-refractivity contribution in [3.63, 3.8) is 0 Å². The molecular formula is C9H7FN4O2. The average molecular weight is 222 g/mol. The number of aromatic nitrogens is 4. The van der Waals surface area contributed by atoms with E-state index in [1.165, 1.54) is 12.1 Å². The lowest BCUT2D eigenvalue weighted by atomic mass is 10.2. The molecule has 0 fully saturated rings. The van der Waals surface area contributed by atoms with E-state index in [1.807, 2.05) is 0 Å². The van der Waals surface area contributed by atoms with Crippen LogP contribution in [0.25, 0.3) is 5.69 Å². The standard InChI is InChI=1S/C9H7FN4O2/c1-5-11-12-13-14(5)8-4-6(9(15)16)2-3-7(8)10/h2-4H,1H3,(H,15,16). The van der Waals surface area contributed by atoms with Gasteiger partial charge in [-0.25, -0.2) is 9.18 Å². The van der Waals surface area contributed by atoms with E-state index >= 15 is 0 Å². The summed E-state index contributed by atoms with van der Waals surface area (Å²) in [5.41, 5.74) is -0.00583. The number of carboxylic acid groups (broad SMARTS) is 1. The van der Waals surface area contributed by atoms with Gasteiger partial charge in [0, 0.05) is 0 Å². The van der Waals surface area contributed by atoms with Crippen LogP contribution in [0.4, 0.5) is 4.39 Å². The van der Waals surface area contributed by atoms with Crippen LogP contribution in [0.3, 0.4) is 0 Å². The third-order valence-corrected chi connectivity index (χ3v) is 2.05. The Balaban J connectivity index is 2.60. The smallest absolute Gasteiger partial charge is 0.335 e. The zero-order valence-corrected chi connectivity index (χ0v) is 8.25.